The number of hydrogen-bond acceptors (Lipinski definition) is 4. The van der Waals surface area contributed by atoms with Crippen LogP contribution in [0.25, 0.3) is 0 Å². The zero-order valence-corrected chi connectivity index (χ0v) is 16.5. The third kappa shape index (κ3) is 4.82. The lowest BCUT2D eigenvalue weighted by molar-refractivity contribution is -0.132. The van der Waals surface area contributed by atoms with Crippen LogP contribution in [-0.2, 0) is 9.59 Å². The molecule has 148 valence electrons. The van der Waals surface area contributed by atoms with Crippen molar-refractivity contribution in [2.24, 2.45) is 0 Å². The van der Waals surface area contributed by atoms with Crippen LogP contribution in [0.2, 0.25) is 0 Å². The van der Waals surface area contributed by atoms with Crippen molar-refractivity contribution in [3.63, 3.8) is 0 Å². The Morgan fingerprint density at radius 3 is 2.50 bits per heavy atom. The summed E-state index contributed by atoms with van der Waals surface area (Å²) in [4.78, 5) is 26.1. The van der Waals surface area contributed by atoms with Gasteiger partial charge < -0.3 is 19.7 Å². The Hall–Kier alpha value is -3.02. The normalized spacial score (nSPS) is 18.6. The first-order chi connectivity index (χ1) is 13.5. The highest BCUT2D eigenvalue weighted by molar-refractivity contribution is 5.79. The number of ether oxygens (including phenoxy) is 2. The molecule has 0 radical (unpaired) electrons. The summed E-state index contributed by atoms with van der Waals surface area (Å²) in [6, 6.07) is 15.3. The van der Waals surface area contributed by atoms with Crippen molar-refractivity contribution >= 4 is 11.8 Å². The summed E-state index contributed by atoms with van der Waals surface area (Å²) in [6.45, 7) is 4.51. The van der Waals surface area contributed by atoms with Crippen LogP contribution in [0.5, 0.6) is 11.5 Å². The van der Waals surface area contributed by atoms with E-state index >= 15 is 0 Å². The third-order valence-corrected chi connectivity index (χ3v) is 4.97. The van der Waals surface area contributed by atoms with Gasteiger partial charge >= 0.3 is 0 Å². The number of nitrogens with one attached hydrogen (secondary N) is 1. The maximum atomic E-state index is 12.7. The van der Waals surface area contributed by atoms with Gasteiger partial charge in [-0.05, 0) is 24.6 Å². The standard InChI is InChI=1S/C22H26N2O4/c1-15-7-9-17(10-8-15)20-12-24(13-21(20)23-16(2)25)22(26)14-28-19-6-4-5-18(11-19)27-3/h4-11,20-21H,12-14H2,1-3H3,(H,23,25). The molecule has 1 saturated heterocycles. The van der Waals surface area contributed by atoms with Crippen molar-refractivity contribution in [2.45, 2.75) is 25.8 Å². The van der Waals surface area contributed by atoms with Crippen LogP contribution < -0.4 is 14.8 Å². The van der Waals surface area contributed by atoms with Crippen LogP contribution in [-0.4, -0.2) is 49.6 Å². The van der Waals surface area contributed by atoms with Crippen molar-refractivity contribution in [1.29, 1.82) is 0 Å². The minimum absolute atomic E-state index is 0.0550. The molecule has 3 rings (SSSR count). The molecule has 6 heteroatoms. The molecule has 2 aromatic carbocycles. The van der Waals surface area contributed by atoms with Crippen LogP contribution in [0.15, 0.2) is 48.5 Å². The van der Waals surface area contributed by atoms with Gasteiger partial charge in [0.1, 0.15) is 11.5 Å². The fraction of sp³-hybridized carbons (Fsp3) is 0.364. The van der Waals surface area contributed by atoms with Crippen molar-refractivity contribution in [3.05, 3.63) is 59.7 Å². The Morgan fingerprint density at radius 2 is 1.82 bits per heavy atom. The zero-order chi connectivity index (χ0) is 20.1. The second kappa shape index (κ2) is 8.78. The molecule has 0 spiro atoms. The molecule has 28 heavy (non-hydrogen) atoms. The van der Waals surface area contributed by atoms with Crippen molar-refractivity contribution in [3.8, 4) is 11.5 Å². The first-order valence-corrected chi connectivity index (χ1v) is 9.34. The second-order valence-electron chi connectivity index (χ2n) is 7.09. The fourth-order valence-electron chi connectivity index (χ4n) is 3.49. The molecule has 1 aliphatic heterocycles. The molecule has 1 fully saturated rings. The van der Waals surface area contributed by atoms with Crippen LogP contribution in [0.4, 0.5) is 0 Å². The number of carbonyl (C=O) groups is 2. The van der Waals surface area contributed by atoms with Crippen LogP contribution in [0, 0.1) is 6.92 Å². The molecule has 0 bridgehead atoms. The third-order valence-electron chi connectivity index (χ3n) is 4.97. The molecule has 1 aliphatic rings. The van der Waals surface area contributed by atoms with Gasteiger partial charge in [-0.15, -0.1) is 0 Å². The molecular weight excluding hydrogens is 356 g/mol. The van der Waals surface area contributed by atoms with Gasteiger partial charge in [-0.2, -0.15) is 0 Å². The van der Waals surface area contributed by atoms with Gasteiger partial charge in [0.25, 0.3) is 5.91 Å². The highest BCUT2D eigenvalue weighted by atomic mass is 16.5. The van der Waals surface area contributed by atoms with Gasteiger partial charge in [0.15, 0.2) is 6.61 Å². The molecule has 0 saturated carbocycles. The van der Waals surface area contributed by atoms with Crippen LogP contribution in [0.1, 0.15) is 24.0 Å². The first kappa shape index (κ1) is 19.7. The molecule has 0 aromatic heterocycles. The van der Waals surface area contributed by atoms with E-state index in [2.05, 4.69) is 29.6 Å². The zero-order valence-electron chi connectivity index (χ0n) is 16.5. The van der Waals surface area contributed by atoms with E-state index in [4.69, 9.17) is 9.47 Å². The van der Waals surface area contributed by atoms with Gasteiger partial charge in [0, 0.05) is 32.0 Å². The van der Waals surface area contributed by atoms with E-state index in [1.807, 2.05) is 19.1 Å². The largest absolute Gasteiger partial charge is 0.497 e. The van der Waals surface area contributed by atoms with E-state index in [0.29, 0.717) is 24.6 Å². The molecule has 2 atom stereocenters. The van der Waals surface area contributed by atoms with Gasteiger partial charge in [0.2, 0.25) is 5.91 Å². The number of carbonyl (C=O) groups excluding carboxylic acids is 2. The molecule has 6 nitrogen and oxygen atoms in total. The van der Waals surface area contributed by atoms with E-state index < -0.39 is 0 Å². The molecule has 2 amide bonds. The topological polar surface area (TPSA) is 67.9 Å². The number of methoxy groups -OCH3 is 1. The van der Waals surface area contributed by atoms with E-state index in [1.54, 1.807) is 24.1 Å². The Balaban J connectivity index is 1.66. The number of nitrogens with zero attached hydrogens (tertiary/aromatic N) is 1. The van der Waals surface area contributed by atoms with Crippen molar-refractivity contribution < 1.29 is 19.1 Å². The van der Waals surface area contributed by atoms with E-state index in [0.717, 1.165) is 5.56 Å². The summed E-state index contributed by atoms with van der Waals surface area (Å²) in [5.41, 5.74) is 2.30. The van der Waals surface area contributed by atoms with Gasteiger partial charge in [-0.1, -0.05) is 35.9 Å². The summed E-state index contributed by atoms with van der Waals surface area (Å²) in [5.74, 6) is 1.12. The summed E-state index contributed by atoms with van der Waals surface area (Å²) in [5, 5.41) is 2.99. The van der Waals surface area contributed by atoms with Crippen LogP contribution in [0.3, 0.4) is 0 Å². The average Bonchev–Trinajstić information content (AvgIpc) is 3.10. The lowest BCUT2D eigenvalue weighted by Crippen LogP contribution is -2.40. The number of amides is 2. The Morgan fingerprint density at radius 1 is 1.11 bits per heavy atom. The van der Waals surface area contributed by atoms with Crippen molar-refractivity contribution in [2.75, 3.05) is 26.8 Å². The monoisotopic (exact) mass is 382 g/mol. The Kier molecular flexibility index (Phi) is 6.19. The van der Waals surface area contributed by atoms with E-state index in [1.165, 1.54) is 12.5 Å². The summed E-state index contributed by atoms with van der Waals surface area (Å²) in [6.07, 6.45) is 0. The highest BCUT2D eigenvalue weighted by Gasteiger charge is 2.36. The molecule has 0 aliphatic carbocycles. The molecule has 2 aromatic rings. The Bertz CT molecular complexity index is 835. The van der Waals surface area contributed by atoms with Gasteiger partial charge in [-0.25, -0.2) is 0 Å². The number of aryl methyl sites for hydroxylation is 1. The molecule has 2 unspecified atom stereocenters. The lowest BCUT2D eigenvalue weighted by atomic mass is 9.93. The average molecular weight is 382 g/mol. The predicted octanol–water partition coefficient (Wildman–Crippen LogP) is 2.51. The minimum Gasteiger partial charge on any atom is -0.497 e. The minimum atomic E-state index is -0.110. The molecule has 1 N–H and O–H groups in total. The predicted molar refractivity (Wildman–Crippen MR) is 107 cm³/mol. The van der Waals surface area contributed by atoms with Crippen molar-refractivity contribution in [1.82, 2.24) is 10.2 Å². The maximum Gasteiger partial charge on any atom is 0.260 e. The quantitative estimate of drug-likeness (QED) is 0.834. The SMILES string of the molecule is COc1cccc(OCC(=O)N2CC(NC(C)=O)C(c3ccc(C)cc3)C2)c1. The number of likely N-dealkylation sites (tertiary alicyclic amines) is 1. The summed E-state index contributed by atoms with van der Waals surface area (Å²) in [7, 11) is 1.59. The summed E-state index contributed by atoms with van der Waals surface area (Å²) >= 11 is 0. The number of benzene rings is 2. The van der Waals surface area contributed by atoms with Crippen LogP contribution >= 0.6 is 0 Å². The maximum absolute atomic E-state index is 12.7. The first-order valence-electron chi connectivity index (χ1n) is 9.34. The smallest absolute Gasteiger partial charge is 0.260 e. The highest BCUT2D eigenvalue weighted by Crippen LogP contribution is 2.28. The number of hydrogen-bond donors (Lipinski definition) is 1. The summed E-state index contributed by atoms with van der Waals surface area (Å²) < 4.78 is 10.8. The number of rotatable bonds is 6. The van der Waals surface area contributed by atoms with Gasteiger partial charge in [0.05, 0.1) is 13.2 Å². The van der Waals surface area contributed by atoms with Gasteiger partial charge in [-0.3, -0.25) is 9.59 Å². The lowest BCUT2D eigenvalue weighted by Gasteiger charge is -2.19. The Labute approximate surface area is 165 Å². The molecular formula is C22H26N2O4. The van der Waals surface area contributed by atoms with E-state index in [9.17, 15) is 9.59 Å². The fourth-order valence-corrected chi connectivity index (χ4v) is 3.49. The molecule has 1 heterocycles. The van der Waals surface area contributed by atoms with E-state index in [-0.39, 0.29) is 30.4 Å². The second-order valence-corrected chi connectivity index (χ2v) is 7.09.